The summed E-state index contributed by atoms with van der Waals surface area (Å²) >= 11 is 0. The molecular weight excluding hydrogens is 1000 g/mol. The molecule has 4 saturated carbocycles. The maximum Gasteiger partial charge on any atom is 0.187 e. The Morgan fingerprint density at radius 1 is 0.553 bits per heavy atom. The number of Topliss-reactive ketones (excluding diaryl/α,β-unsaturated/α-hetero) is 1. The largest absolute Gasteiger partial charge is 0.394 e. The van der Waals surface area contributed by atoms with Crippen LogP contribution in [0.3, 0.4) is 0 Å². The molecular formula is C54H90O22. The maximum absolute atomic E-state index is 12.8. The fourth-order valence-electron chi connectivity index (χ4n) is 16.0. The lowest BCUT2D eigenvalue weighted by Gasteiger charge is -2.63. The van der Waals surface area contributed by atoms with Gasteiger partial charge in [-0.05, 0) is 103 Å². The second kappa shape index (κ2) is 23.6. The van der Waals surface area contributed by atoms with Crippen LogP contribution in [0.2, 0.25) is 0 Å². The summed E-state index contributed by atoms with van der Waals surface area (Å²) < 4.78 is 81.0. The third-order valence-corrected chi connectivity index (χ3v) is 20.2. The van der Waals surface area contributed by atoms with Crippen molar-refractivity contribution in [3.05, 3.63) is 0 Å². The van der Waals surface area contributed by atoms with E-state index in [9.17, 15) is 45.6 Å². The molecule has 22 heteroatoms. The van der Waals surface area contributed by atoms with E-state index in [0.29, 0.717) is 25.2 Å². The molecule has 76 heavy (non-hydrogen) atoms. The minimum atomic E-state index is -1.60. The van der Waals surface area contributed by atoms with Crippen molar-refractivity contribution in [3.8, 4) is 0 Å². The van der Waals surface area contributed by atoms with Crippen LogP contribution in [-0.2, 0) is 66.4 Å². The number of hydrogen-bond donors (Lipinski definition) is 8. The van der Waals surface area contributed by atoms with E-state index >= 15 is 0 Å². The molecule has 0 amide bonds. The van der Waals surface area contributed by atoms with Gasteiger partial charge in [-0.2, -0.15) is 0 Å². The molecule has 438 valence electrons. The topological polar surface area (TPSA) is 299 Å². The first kappa shape index (κ1) is 59.5. The van der Waals surface area contributed by atoms with Crippen molar-refractivity contribution in [2.45, 2.75) is 272 Å². The van der Waals surface area contributed by atoms with Crippen LogP contribution in [0.4, 0.5) is 0 Å². The molecule has 9 rings (SSSR count). The van der Waals surface area contributed by atoms with Gasteiger partial charge in [0.1, 0.15) is 66.3 Å². The van der Waals surface area contributed by atoms with Gasteiger partial charge >= 0.3 is 0 Å². The molecule has 0 spiro atoms. The van der Waals surface area contributed by atoms with Crippen LogP contribution >= 0.6 is 0 Å². The second-order valence-electron chi connectivity index (χ2n) is 24.3. The summed E-state index contributed by atoms with van der Waals surface area (Å²) in [6.45, 7) is 12.4. The highest BCUT2D eigenvalue weighted by Crippen LogP contribution is 2.69. The van der Waals surface area contributed by atoms with Crippen molar-refractivity contribution in [2.75, 3.05) is 27.9 Å². The molecule has 22 nitrogen and oxygen atoms in total. The zero-order chi connectivity index (χ0) is 54.9. The summed E-state index contributed by atoms with van der Waals surface area (Å²) in [4.78, 5) is 12.8. The molecule has 0 unspecified atom stereocenters. The number of ether oxygens (including phenoxy) is 13. The number of methoxy groups -OCH3 is 3. The lowest BCUT2D eigenvalue weighted by atomic mass is 9.43. The van der Waals surface area contributed by atoms with Gasteiger partial charge in [0.2, 0.25) is 0 Å². The molecule has 5 aliphatic heterocycles. The smallest absolute Gasteiger partial charge is 0.187 e. The summed E-state index contributed by atoms with van der Waals surface area (Å²) in [5.41, 5.74) is -2.53. The van der Waals surface area contributed by atoms with Crippen LogP contribution < -0.4 is 0 Å². The number of ketones is 1. The van der Waals surface area contributed by atoms with Gasteiger partial charge < -0.3 is 102 Å². The first-order valence-electron chi connectivity index (χ1n) is 28.1. The van der Waals surface area contributed by atoms with Crippen LogP contribution in [-0.4, -0.2) is 228 Å². The van der Waals surface area contributed by atoms with E-state index in [2.05, 4.69) is 6.92 Å². The Labute approximate surface area is 446 Å². The molecule has 0 aromatic heterocycles. The minimum absolute atomic E-state index is 0.0478. The van der Waals surface area contributed by atoms with Crippen molar-refractivity contribution in [3.63, 3.8) is 0 Å². The highest BCUT2D eigenvalue weighted by atomic mass is 16.8. The summed E-state index contributed by atoms with van der Waals surface area (Å²) in [6.07, 6.45) is -13.6. The molecule has 9 fully saturated rings. The Morgan fingerprint density at radius 2 is 1.05 bits per heavy atom. The number of carbonyl (C=O) groups excluding carboxylic acids is 1. The van der Waals surface area contributed by atoms with Gasteiger partial charge in [-0.3, -0.25) is 4.79 Å². The Balaban J connectivity index is 0.734. The summed E-state index contributed by atoms with van der Waals surface area (Å²) in [5.74, 6) is -0.727. The Kier molecular flexibility index (Phi) is 18.5. The van der Waals surface area contributed by atoms with E-state index < -0.39 is 159 Å². The maximum atomic E-state index is 12.8. The zero-order valence-electron chi connectivity index (χ0n) is 45.9. The molecule has 0 radical (unpaired) electrons. The Morgan fingerprint density at radius 3 is 1.57 bits per heavy atom. The SMILES string of the molecule is CO[C@@H]1C[C@H](O[C@H]2CC[C@@]3(C)[C@@H](CC[C@@H]4[C@@H]3CC[C@]3(C)[C@@H](C(C)=O)[C@H](O)[C@@H](O)[C@]43O)C2)O[C@H](C)[C@H]1O[C@H]1C[C@H](O)[C@H](O[C@H]2C[C@@H](OC)[C@H](O[C@H]3C[C@@H](OC)[C@H](O[C@@H]4O[C@H](CO)[C@@H](O)[C@H](O)[C@H]4O)[C@@H](C)O3)[C@@H](C)O2)[C@@H](C)O1. The predicted molar refractivity (Wildman–Crippen MR) is 262 cm³/mol. The number of fused-ring (bicyclic) bond motifs is 5. The second-order valence-corrected chi connectivity index (χ2v) is 24.3. The van der Waals surface area contributed by atoms with Crippen molar-refractivity contribution in [1.29, 1.82) is 0 Å². The van der Waals surface area contributed by atoms with Gasteiger partial charge in [-0.1, -0.05) is 13.8 Å². The van der Waals surface area contributed by atoms with Crippen LogP contribution in [0, 0.1) is 34.5 Å². The van der Waals surface area contributed by atoms with Gasteiger partial charge in [-0.25, -0.2) is 0 Å². The van der Waals surface area contributed by atoms with Crippen LogP contribution in [0.1, 0.15) is 119 Å². The van der Waals surface area contributed by atoms with Crippen molar-refractivity contribution in [2.24, 2.45) is 34.5 Å². The minimum Gasteiger partial charge on any atom is -0.394 e. The fraction of sp³-hybridized carbons (Fsp3) is 0.981. The van der Waals surface area contributed by atoms with E-state index in [1.807, 2.05) is 27.7 Å². The van der Waals surface area contributed by atoms with Crippen LogP contribution in [0.5, 0.6) is 0 Å². The van der Waals surface area contributed by atoms with Gasteiger partial charge in [-0.15, -0.1) is 0 Å². The van der Waals surface area contributed by atoms with Crippen molar-refractivity contribution in [1.82, 2.24) is 0 Å². The standard InChI is InChI=1S/C54H90O22/c1-23(56)41-43(59)50(62)54(63)31-12-11-28-17-29(13-15-52(28,6)30(31)14-16-53(41,54)7)71-38-19-33(64-8)47(25(3)68-38)74-37-18-32(57)46(24(2)67-37)73-39-20-34(65-9)48(26(4)69-39)75-40-21-35(66-10)49(27(5)70-40)76-51-45(61)44(60)42(58)36(22-55)72-51/h24-51,55,57-63H,11-22H2,1-10H3/t24-,25-,26-,27-,28+,29+,30+,31-,32+,33-,34-,35-,36-,37+,38+,39+,40+,41+,42-,43+,44+,45-,46-,47-,48-,49-,50-,51+,52+,53-,54-/m1/s1. The number of rotatable bonds is 15. The summed E-state index contributed by atoms with van der Waals surface area (Å²) in [7, 11) is 4.71. The Hall–Kier alpha value is -1.17. The van der Waals surface area contributed by atoms with Crippen LogP contribution in [0.25, 0.3) is 0 Å². The lowest BCUT2D eigenvalue weighted by molar-refractivity contribution is -0.358. The van der Waals surface area contributed by atoms with E-state index in [-0.39, 0.29) is 54.5 Å². The van der Waals surface area contributed by atoms with Gasteiger partial charge in [0.15, 0.2) is 31.5 Å². The zero-order valence-corrected chi connectivity index (χ0v) is 45.9. The number of carbonyl (C=O) groups is 1. The highest BCUT2D eigenvalue weighted by Gasteiger charge is 2.74. The van der Waals surface area contributed by atoms with Crippen molar-refractivity contribution >= 4 is 5.78 Å². The number of hydrogen-bond acceptors (Lipinski definition) is 22. The molecule has 5 heterocycles. The molecule has 31 atom stereocenters. The number of aliphatic hydroxyl groups excluding tert-OH is 7. The molecule has 0 aromatic carbocycles. The molecule has 4 aliphatic carbocycles. The average molecular weight is 1090 g/mol. The molecule has 5 saturated heterocycles. The highest BCUT2D eigenvalue weighted by molar-refractivity contribution is 5.81. The Bertz CT molecular complexity index is 1920. The van der Waals surface area contributed by atoms with Crippen molar-refractivity contribution < 1.29 is 107 Å². The van der Waals surface area contributed by atoms with E-state index in [0.717, 1.165) is 32.1 Å². The molecule has 9 aliphatic rings. The van der Waals surface area contributed by atoms with Gasteiger partial charge in [0, 0.05) is 52.4 Å². The molecule has 0 aromatic rings. The third kappa shape index (κ3) is 10.8. The normalized spacial score (nSPS) is 54.8. The predicted octanol–water partition coefficient (Wildman–Crippen LogP) is 0.962. The first-order valence-corrected chi connectivity index (χ1v) is 28.1. The van der Waals surface area contributed by atoms with E-state index in [1.54, 1.807) is 21.1 Å². The molecule has 0 bridgehead atoms. The lowest BCUT2D eigenvalue weighted by Crippen LogP contribution is -2.66. The van der Waals surface area contributed by atoms with Crippen LogP contribution in [0.15, 0.2) is 0 Å². The third-order valence-electron chi connectivity index (χ3n) is 20.2. The number of aliphatic hydroxyl groups is 8. The first-order chi connectivity index (χ1) is 36.0. The van der Waals surface area contributed by atoms with E-state index in [4.69, 9.17) is 61.6 Å². The fourth-order valence-corrected chi connectivity index (χ4v) is 16.0. The summed E-state index contributed by atoms with van der Waals surface area (Å²) in [5, 5.41) is 87.3. The molecule has 8 N–H and O–H groups in total. The average Bonchev–Trinajstić information content (AvgIpc) is 3.54. The summed E-state index contributed by atoms with van der Waals surface area (Å²) in [6, 6.07) is 0. The monoisotopic (exact) mass is 1090 g/mol. The van der Waals surface area contributed by atoms with Gasteiger partial charge in [0.05, 0.1) is 73.6 Å². The van der Waals surface area contributed by atoms with E-state index in [1.165, 1.54) is 14.0 Å². The van der Waals surface area contributed by atoms with Gasteiger partial charge in [0.25, 0.3) is 0 Å². The quantitative estimate of drug-likeness (QED) is 0.106.